The van der Waals surface area contributed by atoms with Crippen molar-refractivity contribution in [2.75, 3.05) is 18.6 Å². The number of rotatable bonds is 6. The summed E-state index contributed by atoms with van der Waals surface area (Å²) >= 11 is 0. The highest BCUT2D eigenvalue weighted by atomic mass is 31.1. The third-order valence-electron chi connectivity index (χ3n) is 4.07. The Morgan fingerprint density at radius 3 is 3.00 bits per heavy atom. The Labute approximate surface area is 150 Å². The Kier molecular flexibility index (Phi) is 5.55. The van der Waals surface area contributed by atoms with Crippen molar-refractivity contribution in [2.24, 2.45) is 5.92 Å². The average Bonchev–Trinajstić information content (AvgIpc) is 3.19. The molecular weight excluding hydrogens is 361 g/mol. The van der Waals surface area contributed by atoms with E-state index < -0.39 is 13.6 Å². The maximum Gasteiger partial charge on any atom is 0.280 e. The first-order valence-electron chi connectivity index (χ1n) is 8.41. The standard InChI is InChI=1S/C15H22N5O5P/c1-8(2)13(21)18-15-17-12-11(14(22)19-15)16-7-20(12)10-5-4-9(25-10)6-24-26(3)23/h7-10,26H,4-6H2,1-3H3,(H2,17,18,19,21,22)/t9-,10+/m0/s1. The molecule has 3 atom stereocenters. The monoisotopic (exact) mass is 383 g/mol. The Morgan fingerprint density at radius 1 is 1.54 bits per heavy atom. The molecule has 1 aliphatic rings. The number of nitrogens with zero attached hydrogens (tertiary/aromatic N) is 3. The van der Waals surface area contributed by atoms with Crippen molar-refractivity contribution < 1.29 is 18.6 Å². The Morgan fingerprint density at radius 2 is 2.31 bits per heavy atom. The highest BCUT2D eigenvalue weighted by molar-refractivity contribution is 7.38. The molecule has 2 aromatic heterocycles. The molecule has 0 spiro atoms. The number of ether oxygens (including phenoxy) is 1. The zero-order valence-corrected chi connectivity index (χ0v) is 15.8. The number of carbonyl (C=O) groups is 1. The van der Waals surface area contributed by atoms with Gasteiger partial charge in [0.05, 0.1) is 19.0 Å². The lowest BCUT2D eigenvalue weighted by Gasteiger charge is -2.15. The molecule has 2 aromatic rings. The van der Waals surface area contributed by atoms with E-state index in [9.17, 15) is 14.2 Å². The first-order valence-corrected chi connectivity index (χ1v) is 10.2. The van der Waals surface area contributed by atoms with E-state index in [1.807, 2.05) is 0 Å². The summed E-state index contributed by atoms with van der Waals surface area (Å²) in [6.45, 7) is 5.29. The van der Waals surface area contributed by atoms with Crippen LogP contribution in [0.1, 0.15) is 32.9 Å². The van der Waals surface area contributed by atoms with Crippen molar-refractivity contribution in [3.8, 4) is 0 Å². The molecule has 1 unspecified atom stereocenters. The van der Waals surface area contributed by atoms with Gasteiger partial charge in [0, 0.05) is 12.6 Å². The lowest BCUT2D eigenvalue weighted by molar-refractivity contribution is -0.118. The zero-order valence-electron chi connectivity index (χ0n) is 14.8. The summed E-state index contributed by atoms with van der Waals surface area (Å²) in [5, 5.41) is 2.58. The fourth-order valence-electron chi connectivity index (χ4n) is 2.68. The van der Waals surface area contributed by atoms with Crippen LogP contribution < -0.4 is 10.9 Å². The molecule has 1 aliphatic heterocycles. The van der Waals surface area contributed by atoms with Crippen LogP contribution in [0.15, 0.2) is 11.1 Å². The number of fused-ring (bicyclic) bond motifs is 1. The van der Waals surface area contributed by atoms with Crippen molar-refractivity contribution in [1.29, 1.82) is 0 Å². The molecule has 11 heteroatoms. The molecule has 0 bridgehead atoms. The Balaban J connectivity index is 1.83. The van der Waals surface area contributed by atoms with Crippen molar-refractivity contribution in [2.45, 2.75) is 39.0 Å². The lowest BCUT2D eigenvalue weighted by Crippen LogP contribution is -2.22. The number of nitrogens with one attached hydrogen (secondary N) is 2. The zero-order chi connectivity index (χ0) is 18.8. The van der Waals surface area contributed by atoms with E-state index in [2.05, 4.69) is 20.3 Å². The molecule has 0 aromatic carbocycles. The number of carbonyl (C=O) groups excluding carboxylic acids is 1. The van der Waals surface area contributed by atoms with Crippen LogP contribution in [-0.2, 0) is 18.6 Å². The number of aromatic amines is 1. The van der Waals surface area contributed by atoms with Crippen LogP contribution in [0.2, 0.25) is 0 Å². The number of aromatic nitrogens is 4. The highest BCUT2D eigenvalue weighted by Crippen LogP contribution is 2.31. The van der Waals surface area contributed by atoms with Gasteiger partial charge in [-0.15, -0.1) is 0 Å². The maximum atomic E-state index is 12.2. The molecule has 1 amide bonds. The van der Waals surface area contributed by atoms with E-state index in [4.69, 9.17) is 9.26 Å². The SMILES string of the molecule is CC(C)C(=O)Nc1nc2c(ncn2[C@H]2CC[C@@H](CO[PH](C)=O)O2)c(=O)[nH]1. The van der Waals surface area contributed by atoms with E-state index in [0.717, 1.165) is 6.42 Å². The normalized spacial score (nSPS) is 21.4. The number of hydrogen-bond acceptors (Lipinski definition) is 7. The second-order valence-electron chi connectivity index (χ2n) is 6.48. The summed E-state index contributed by atoms with van der Waals surface area (Å²) in [6, 6.07) is 0. The van der Waals surface area contributed by atoms with Crippen LogP contribution in [0.4, 0.5) is 5.95 Å². The van der Waals surface area contributed by atoms with E-state index in [0.29, 0.717) is 12.1 Å². The quantitative estimate of drug-likeness (QED) is 0.724. The molecule has 1 fully saturated rings. The van der Waals surface area contributed by atoms with Gasteiger partial charge in [-0.05, 0) is 12.8 Å². The molecule has 2 N–H and O–H groups in total. The van der Waals surface area contributed by atoms with Gasteiger partial charge in [0.1, 0.15) is 6.23 Å². The Hall–Kier alpha value is -2.03. The minimum atomic E-state index is -2.00. The van der Waals surface area contributed by atoms with Crippen molar-refractivity contribution in [3.05, 3.63) is 16.7 Å². The first-order chi connectivity index (χ1) is 12.3. The van der Waals surface area contributed by atoms with Crippen molar-refractivity contribution in [1.82, 2.24) is 19.5 Å². The van der Waals surface area contributed by atoms with Crippen LogP contribution in [0.3, 0.4) is 0 Å². The number of amides is 1. The topological polar surface area (TPSA) is 128 Å². The summed E-state index contributed by atoms with van der Waals surface area (Å²) in [5.74, 6) is -0.418. The van der Waals surface area contributed by atoms with Crippen LogP contribution in [0.5, 0.6) is 0 Å². The number of H-pyrrole nitrogens is 1. The van der Waals surface area contributed by atoms with E-state index >= 15 is 0 Å². The predicted octanol–water partition coefficient (Wildman–Crippen LogP) is 1.51. The van der Waals surface area contributed by atoms with Gasteiger partial charge in [0.2, 0.25) is 11.9 Å². The number of anilines is 1. The van der Waals surface area contributed by atoms with Crippen LogP contribution in [-0.4, -0.2) is 44.8 Å². The van der Waals surface area contributed by atoms with E-state index in [-0.39, 0.29) is 42.2 Å². The Bertz CT molecular complexity index is 892. The van der Waals surface area contributed by atoms with E-state index in [1.165, 1.54) is 13.0 Å². The van der Waals surface area contributed by atoms with Gasteiger partial charge in [-0.2, -0.15) is 4.98 Å². The van der Waals surface area contributed by atoms with Gasteiger partial charge < -0.3 is 9.26 Å². The molecule has 10 nitrogen and oxygen atoms in total. The number of imidazole rings is 1. The maximum absolute atomic E-state index is 12.2. The summed E-state index contributed by atoms with van der Waals surface area (Å²) < 4.78 is 23.8. The summed E-state index contributed by atoms with van der Waals surface area (Å²) in [4.78, 5) is 35.0. The van der Waals surface area contributed by atoms with Crippen molar-refractivity contribution in [3.63, 3.8) is 0 Å². The van der Waals surface area contributed by atoms with Gasteiger partial charge in [0.15, 0.2) is 19.2 Å². The molecule has 1 saturated heterocycles. The van der Waals surface area contributed by atoms with Crippen molar-refractivity contribution >= 4 is 31.0 Å². The first kappa shape index (κ1) is 18.8. The van der Waals surface area contributed by atoms with Crippen LogP contribution >= 0.6 is 8.03 Å². The molecule has 26 heavy (non-hydrogen) atoms. The molecule has 0 saturated carbocycles. The van der Waals surface area contributed by atoms with Crippen LogP contribution in [0.25, 0.3) is 11.2 Å². The van der Waals surface area contributed by atoms with E-state index in [1.54, 1.807) is 18.4 Å². The fourth-order valence-corrected chi connectivity index (χ4v) is 3.10. The second kappa shape index (κ2) is 7.69. The number of hydrogen-bond donors (Lipinski definition) is 2. The molecule has 3 rings (SSSR count). The third kappa shape index (κ3) is 4.03. The average molecular weight is 383 g/mol. The van der Waals surface area contributed by atoms with Gasteiger partial charge in [0.25, 0.3) is 5.56 Å². The minimum absolute atomic E-state index is 0.0745. The predicted molar refractivity (Wildman–Crippen MR) is 95.6 cm³/mol. The second-order valence-corrected chi connectivity index (χ2v) is 7.75. The fraction of sp³-hybridized carbons (Fsp3) is 0.600. The molecule has 3 heterocycles. The van der Waals surface area contributed by atoms with Gasteiger partial charge in [-0.1, -0.05) is 13.8 Å². The molecule has 142 valence electrons. The summed E-state index contributed by atoms with van der Waals surface area (Å²) in [6.07, 6.45) is 2.40. The largest absolute Gasteiger partial charge is 0.352 e. The van der Waals surface area contributed by atoms with Gasteiger partial charge in [-0.25, -0.2) is 4.98 Å². The summed E-state index contributed by atoms with van der Waals surface area (Å²) in [5.41, 5.74) is 0.0770. The van der Waals surface area contributed by atoms with Gasteiger partial charge in [-0.3, -0.25) is 29.0 Å². The van der Waals surface area contributed by atoms with Gasteiger partial charge >= 0.3 is 0 Å². The molecule has 0 radical (unpaired) electrons. The highest BCUT2D eigenvalue weighted by Gasteiger charge is 2.29. The molecule has 0 aliphatic carbocycles. The minimum Gasteiger partial charge on any atom is -0.352 e. The third-order valence-corrected chi connectivity index (χ3v) is 4.64. The smallest absolute Gasteiger partial charge is 0.280 e. The van der Waals surface area contributed by atoms with Crippen LogP contribution in [0, 0.1) is 5.92 Å². The lowest BCUT2D eigenvalue weighted by atomic mass is 10.2. The summed E-state index contributed by atoms with van der Waals surface area (Å²) in [7, 11) is -2.00. The molecular formula is C15H22N5O5P.